The molecule has 0 saturated heterocycles. The van der Waals surface area contributed by atoms with E-state index >= 15 is 0 Å². The summed E-state index contributed by atoms with van der Waals surface area (Å²) in [6.07, 6.45) is 32.0. The highest BCUT2D eigenvalue weighted by molar-refractivity contribution is 7.10. The third kappa shape index (κ3) is 75.2. The van der Waals surface area contributed by atoms with Crippen molar-refractivity contribution in [1.29, 1.82) is 0 Å². The largest absolute Gasteiger partial charge is 0.469 e. The van der Waals surface area contributed by atoms with Crippen LogP contribution >= 0.6 is 22.7 Å². The van der Waals surface area contributed by atoms with Crippen LogP contribution in [0.4, 0.5) is 0 Å². The molecule has 0 atom stereocenters. The average molecular weight is 1860 g/mol. The first-order valence-corrected chi connectivity index (χ1v) is 52.7. The normalized spacial score (nSPS) is 11.0. The lowest BCUT2D eigenvalue weighted by molar-refractivity contribution is 0.522. The molecule has 0 spiro atoms. The molecule has 1 aliphatic carbocycles. The topological polar surface area (TPSA) is 185 Å². The summed E-state index contributed by atoms with van der Waals surface area (Å²) in [6.45, 7) is 120. The van der Waals surface area contributed by atoms with E-state index in [0.29, 0.717) is 65.1 Å². The van der Waals surface area contributed by atoms with Crippen LogP contribution in [0.25, 0.3) is 0 Å². The molecule has 16 heteroatoms. The molecule has 8 aromatic heterocycles. The van der Waals surface area contributed by atoms with Crippen molar-refractivity contribution in [3.8, 4) is 0 Å². The molecule has 12 rings (SSSR count). The van der Waals surface area contributed by atoms with Crippen LogP contribution in [0.3, 0.4) is 0 Å². The number of nitrogens with one attached hydrogen (secondary N) is 2. The molecular weight excluding hydrogens is 1650 g/mol. The lowest BCUT2D eigenvalue weighted by Crippen LogP contribution is -2.02. The maximum atomic E-state index is 5.13. The summed E-state index contributed by atoms with van der Waals surface area (Å²) < 4.78 is 10.1. The van der Waals surface area contributed by atoms with Crippen molar-refractivity contribution in [3.05, 3.63) is 227 Å². The van der Waals surface area contributed by atoms with Crippen LogP contribution in [0, 0.1) is 79.1 Å². The minimum absolute atomic E-state index is 0.476. The molecule has 0 aromatic carbocycles. The predicted octanol–water partition coefficient (Wildman–Crippen LogP) is 39.6. The number of allylic oxidation sites excluding steroid dienone is 8. The van der Waals surface area contributed by atoms with Crippen molar-refractivity contribution in [2.24, 2.45) is 38.6 Å². The van der Waals surface area contributed by atoms with E-state index in [0.717, 1.165) is 59.6 Å². The van der Waals surface area contributed by atoms with E-state index in [2.05, 4.69) is 302 Å². The second kappa shape index (κ2) is 103. The van der Waals surface area contributed by atoms with Gasteiger partial charge in [-0.1, -0.05) is 368 Å². The fourth-order valence-corrected chi connectivity index (χ4v) is 12.9. The van der Waals surface area contributed by atoms with Crippen LogP contribution in [0.15, 0.2) is 162 Å². The first-order valence-electron chi connectivity index (χ1n) is 50.9. The van der Waals surface area contributed by atoms with Gasteiger partial charge in [-0.05, 0) is 203 Å². The zero-order valence-electron chi connectivity index (χ0n) is 96.5. The van der Waals surface area contributed by atoms with Gasteiger partial charge in [0.05, 0.1) is 59.3 Å². The smallest absolute Gasteiger partial charge is 0.181 e. The van der Waals surface area contributed by atoms with E-state index in [4.69, 9.17) is 8.83 Å². The molecule has 8 aromatic rings. The third-order valence-electron chi connectivity index (χ3n) is 17.8. The Kier molecular flexibility index (Phi) is 117. The number of thiazole rings is 1. The highest BCUT2D eigenvalue weighted by Crippen LogP contribution is 2.26. The molecule has 0 bridgehead atoms. The monoisotopic (exact) mass is 1860 g/mol. The quantitative estimate of drug-likeness (QED) is 0.120. The number of imidazole rings is 1. The zero-order valence-corrected chi connectivity index (χ0v) is 98.1. The van der Waals surface area contributed by atoms with E-state index in [1.54, 1.807) is 41.9 Å². The lowest BCUT2D eigenvalue weighted by Gasteiger charge is -2.06. The van der Waals surface area contributed by atoms with Crippen LogP contribution in [0.5, 0.6) is 0 Å². The number of thiophene rings is 1. The highest BCUT2D eigenvalue weighted by Gasteiger charge is 2.12. The maximum Gasteiger partial charge on any atom is 0.181 e. The van der Waals surface area contributed by atoms with Crippen molar-refractivity contribution in [2.75, 3.05) is 6.54 Å². The second-order valence-corrected chi connectivity index (χ2v) is 33.0. The number of aromatic amines is 2. The van der Waals surface area contributed by atoms with Gasteiger partial charge in [-0.25, -0.2) is 15.0 Å². The number of rotatable bonds is 12. The first-order chi connectivity index (χ1) is 62.4. The Labute approximate surface area is 822 Å². The van der Waals surface area contributed by atoms with Gasteiger partial charge in [0.2, 0.25) is 0 Å². The van der Waals surface area contributed by atoms with Crippen molar-refractivity contribution in [3.63, 3.8) is 0 Å². The number of nitrogens with zero attached hydrogens (tertiary/aromatic N) is 10. The summed E-state index contributed by atoms with van der Waals surface area (Å²) in [6, 6.07) is 8.36. The summed E-state index contributed by atoms with van der Waals surface area (Å²) in [5, 5.41) is 8.98. The molecule has 2 N–H and O–H groups in total. The number of aryl methyl sites for hydroxylation is 8. The molecular formula is C115H214N12O2S2. The Morgan fingerprint density at radius 2 is 0.870 bits per heavy atom. The number of pyridine rings is 1. The standard InChI is InChI=1S/C9H13N.C8H12N2.C8H13N.C8H12O.C8H12S.C8H12.2C7H12N2.C7H11NO.C7H11NS.2C7H11N.12C2H6/c1-7(2)9-5-4-6-10-8(9)3;1-6(2)8-7(3)9-4-5-10-8;3*1-6(2)8-4-5-9-7(8)3;1-7(2)8-5-3-4-6-8;1-5(2)7-6(3)8-4-9-7;1-5(2)7-4-8-9-6(7)3;2*1-5(2)7-6(3)9-4-8-7;1-6(2)7-3-4-8-5-7;1-6(2)7-4-3-5-8-7;12*1-2/h4-7H,1-3H3;4-6H,1-3H3;5-6H,4H2,1-3H3;2*4-6H,1-3H3;3-5,7H,6H2,1-2H3;2*4-5H,1-3H3,(H,8,9);2*4-5H,1-3H3;3-4,6H,5H2,1-2H3;3,5-6H,4H2,1-2H3;12*1-2H3. The molecule has 0 amide bonds. The Bertz CT molecular complexity index is 3480. The average Bonchev–Trinajstić information content (AvgIpc) is 1.29. The Hall–Kier alpha value is -7.82. The fourth-order valence-electron chi connectivity index (χ4n) is 11.3. The van der Waals surface area contributed by atoms with Gasteiger partial charge in [0, 0.05) is 88.3 Å². The van der Waals surface area contributed by atoms with Crippen molar-refractivity contribution < 1.29 is 8.83 Å². The summed E-state index contributed by atoms with van der Waals surface area (Å²) in [4.78, 5) is 43.3. The van der Waals surface area contributed by atoms with Gasteiger partial charge in [-0.3, -0.25) is 35.0 Å². The SMILES string of the molecule is CC.CC.CC.CC.CC.CC.CC.CC.CC.CC.CC.CC.CC(C)C1=CC=CC1.CC(C)C1=CC=NC1.CC(C)C1=NC=CC1.CC1=C(C(C)C)CC=N1.Cc1[nH]cnc1C(C)C.Cc1[nH]ncc1C(C)C.Cc1ncccc1C(C)C.Cc1nccnc1C(C)C.Cc1occc1C(C)C.Cc1ocnc1C(C)C.Cc1sccc1C(C)C.Cc1scnc1C(C)C. The second-order valence-electron chi connectivity index (χ2n) is 30.8. The molecule has 0 saturated carbocycles. The molecule has 0 radical (unpaired) electrons. The van der Waals surface area contributed by atoms with Gasteiger partial charge in [-0.15, -0.1) is 22.7 Å². The van der Waals surface area contributed by atoms with Crippen LogP contribution in [0.2, 0.25) is 0 Å². The van der Waals surface area contributed by atoms with E-state index in [1.165, 1.54) is 90.2 Å². The van der Waals surface area contributed by atoms with Gasteiger partial charge in [0.15, 0.2) is 6.39 Å². The van der Waals surface area contributed by atoms with E-state index < -0.39 is 0 Å². The molecule has 758 valence electrons. The summed E-state index contributed by atoms with van der Waals surface area (Å²) >= 11 is 3.55. The number of aromatic nitrogens is 9. The van der Waals surface area contributed by atoms with Crippen LogP contribution in [-0.2, 0) is 0 Å². The summed E-state index contributed by atoms with van der Waals surface area (Å²) in [5.41, 5.74) is 23.6. The molecule has 0 fully saturated rings. The Morgan fingerprint density at radius 1 is 0.374 bits per heavy atom. The van der Waals surface area contributed by atoms with Crippen LogP contribution < -0.4 is 0 Å². The van der Waals surface area contributed by atoms with Crippen molar-refractivity contribution >= 4 is 40.8 Å². The van der Waals surface area contributed by atoms with Crippen LogP contribution in [0.1, 0.15) is 495 Å². The molecule has 131 heavy (non-hydrogen) atoms. The lowest BCUT2D eigenvalue weighted by atomic mass is 10.0. The molecule has 4 aliphatic rings. The predicted molar refractivity (Wildman–Crippen MR) is 602 cm³/mol. The summed E-state index contributed by atoms with van der Waals surface area (Å²) in [7, 11) is 0. The number of H-pyrrole nitrogens is 2. The minimum atomic E-state index is 0.476. The van der Waals surface area contributed by atoms with Gasteiger partial charge in [-0.2, -0.15) is 5.10 Å². The first kappa shape index (κ1) is 149. The van der Waals surface area contributed by atoms with Crippen LogP contribution in [-0.4, -0.2) is 69.8 Å². The maximum absolute atomic E-state index is 5.13. The number of hydrogen-bond acceptors (Lipinski definition) is 14. The third-order valence-corrected chi connectivity index (χ3v) is 19.4. The number of aliphatic imine (C=N–C) groups is 3. The highest BCUT2D eigenvalue weighted by atomic mass is 32.1. The van der Waals surface area contributed by atoms with Gasteiger partial charge >= 0.3 is 0 Å². The Morgan fingerprint density at radius 3 is 1.08 bits per heavy atom. The van der Waals surface area contributed by atoms with Crippen molar-refractivity contribution in [1.82, 2.24) is 45.1 Å². The van der Waals surface area contributed by atoms with E-state index in [9.17, 15) is 0 Å². The Balaban J connectivity index is -0.000000115. The number of hydrogen-bond donors (Lipinski definition) is 2. The van der Waals surface area contributed by atoms with Gasteiger partial charge in [0.1, 0.15) is 11.5 Å². The summed E-state index contributed by atoms with van der Waals surface area (Å²) in [5.74, 6) is 9.23. The van der Waals surface area contributed by atoms with E-state index in [-0.39, 0.29) is 0 Å². The molecule has 11 heterocycles. The van der Waals surface area contributed by atoms with Gasteiger partial charge in [0.25, 0.3) is 0 Å². The van der Waals surface area contributed by atoms with E-state index in [1.807, 2.05) is 261 Å². The fraction of sp³-hybridized carbons (Fsp3) is 0.635. The minimum Gasteiger partial charge on any atom is -0.469 e. The molecule has 14 nitrogen and oxygen atoms in total. The number of furan rings is 1. The molecule has 3 aliphatic heterocycles. The molecule has 0 unspecified atom stereocenters. The van der Waals surface area contributed by atoms with Gasteiger partial charge < -0.3 is 13.8 Å². The van der Waals surface area contributed by atoms with Crippen molar-refractivity contribution in [2.45, 2.75) is 461 Å². The zero-order chi connectivity index (χ0) is 105. The number of oxazole rings is 1.